The van der Waals surface area contributed by atoms with Gasteiger partial charge >= 0.3 is 6.03 Å². The van der Waals surface area contributed by atoms with E-state index in [1.165, 1.54) is 0 Å². The highest BCUT2D eigenvalue weighted by Gasteiger charge is 2.22. The minimum atomic E-state index is -0.0745. The van der Waals surface area contributed by atoms with Crippen LogP contribution in [0.3, 0.4) is 0 Å². The number of aryl methyl sites for hydroxylation is 1. The Morgan fingerprint density at radius 2 is 1.96 bits per heavy atom. The van der Waals surface area contributed by atoms with E-state index < -0.39 is 0 Å². The number of amides is 2. The van der Waals surface area contributed by atoms with Gasteiger partial charge in [0.25, 0.3) is 0 Å². The molecule has 1 saturated heterocycles. The Hall–Kier alpha value is -2.54. The van der Waals surface area contributed by atoms with E-state index in [2.05, 4.69) is 20.2 Å². The molecule has 0 unspecified atom stereocenters. The number of aromatic nitrogens is 2. The smallest absolute Gasteiger partial charge is 0.317 e. The molecule has 0 bridgehead atoms. The second kappa shape index (κ2) is 8.71. The van der Waals surface area contributed by atoms with Crippen LogP contribution in [0.25, 0.3) is 0 Å². The van der Waals surface area contributed by atoms with E-state index >= 15 is 0 Å². The van der Waals surface area contributed by atoms with Crippen molar-refractivity contribution in [3.8, 4) is 5.75 Å². The molecule has 1 fully saturated rings. The summed E-state index contributed by atoms with van der Waals surface area (Å²) in [5.41, 5.74) is 0.966. The highest BCUT2D eigenvalue weighted by Crippen LogP contribution is 2.20. The summed E-state index contributed by atoms with van der Waals surface area (Å²) in [4.78, 5) is 24.6. The predicted octanol–water partition coefficient (Wildman–Crippen LogP) is 2.35. The van der Waals surface area contributed by atoms with Gasteiger partial charge in [-0.2, -0.15) is 0 Å². The van der Waals surface area contributed by atoms with Gasteiger partial charge in [-0.15, -0.1) is 0 Å². The molecule has 1 aliphatic rings. The summed E-state index contributed by atoms with van der Waals surface area (Å²) in [6.07, 6.45) is 3.45. The number of nitrogens with zero attached hydrogens (tertiary/aromatic N) is 4. The van der Waals surface area contributed by atoms with Crippen LogP contribution in [-0.4, -0.2) is 60.2 Å². The Kier molecular flexibility index (Phi) is 6.12. The van der Waals surface area contributed by atoms with Gasteiger partial charge in [0, 0.05) is 43.6 Å². The van der Waals surface area contributed by atoms with Gasteiger partial charge in [-0.25, -0.2) is 14.8 Å². The average Bonchev–Trinajstić information content (AvgIpc) is 2.68. The summed E-state index contributed by atoms with van der Waals surface area (Å²) in [7, 11) is 0. The molecule has 1 aromatic heterocycles. The van der Waals surface area contributed by atoms with Crippen molar-refractivity contribution in [2.75, 3.05) is 44.2 Å². The zero-order valence-electron chi connectivity index (χ0n) is 14.7. The number of urea groups is 1. The number of ether oxygens (including phenoxy) is 1. The van der Waals surface area contributed by atoms with Crippen molar-refractivity contribution in [2.24, 2.45) is 0 Å². The van der Waals surface area contributed by atoms with Crippen LogP contribution in [0.2, 0.25) is 5.02 Å². The fourth-order valence-corrected chi connectivity index (χ4v) is 2.83. The molecule has 1 aromatic carbocycles. The maximum atomic E-state index is 12.2. The molecule has 2 aromatic rings. The summed E-state index contributed by atoms with van der Waals surface area (Å²) in [6, 6.07) is 7.23. The highest BCUT2D eigenvalue weighted by atomic mass is 35.5. The molecule has 0 aliphatic carbocycles. The normalized spacial score (nSPS) is 14.2. The van der Waals surface area contributed by atoms with Gasteiger partial charge < -0.3 is 19.9 Å². The number of carbonyl (C=O) groups is 1. The van der Waals surface area contributed by atoms with E-state index in [0.717, 1.165) is 24.4 Å². The van der Waals surface area contributed by atoms with Crippen molar-refractivity contribution in [2.45, 2.75) is 6.92 Å². The third-order valence-corrected chi connectivity index (χ3v) is 4.60. The largest absolute Gasteiger partial charge is 0.492 e. The zero-order valence-corrected chi connectivity index (χ0v) is 15.4. The summed E-state index contributed by atoms with van der Waals surface area (Å²) in [5.74, 6) is 1.46. The first-order chi connectivity index (χ1) is 12.6. The first-order valence-electron chi connectivity index (χ1n) is 8.57. The summed E-state index contributed by atoms with van der Waals surface area (Å²) in [5, 5.41) is 3.60. The molecule has 3 rings (SSSR count). The van der Waals surface area contributed by atoms with Crippen LogP contribution < -0.4 is 15.0 Å². The summed E-state index contributed by atoms with van der Waals surface area (Å²) < 4.78 is 5.64. The molecule has 0 atom stereocenters. The summed E-state index contributed by atoms with van der Waals surface area (Å²) in [6.45, 7) is 5.50. The van der Waals surface area contributed by atoms with Gasteiger partial charge in [0.15, 0.2) is 0 Å². The number of hydrogen-bond acceptors (Lipinski definition) is 5. The number of rotatable bonds is 5. The SMILES string of the molecule is Cc1cc(OCCNC(=O)N2CCN(c3ncccn3)CC2)ccc1Cl. The van der Waals surface area contributed by atoms with Crippen LogP contribution in [-0.2, 0) is 0 Å². The lowest BCUT2D eigenvalue weighted by molar-refractivity contribution is 0.191. The van der Waals surface area contributed by atoms with Gasteiger partial charge in [-0.3, -0.25) is 0 Å². The molecule has 0 radical (unpaired) electrons. The monoisotopic (exact) mass is 375 g/mol. The molecule has 0 saturated carbocycles. The maximum absolute atomic E-state index is 12.2. The fraction of sp³-hybridized carbons (Fsp3) is 0.389. The van der Waals surface area contributed by atoms with E-state index in [-0.39, 0.29) is 6.03 Å². The second-order valence-corrected chi connectivity index (χ2v) is 6.42. The molecule has 2 heterocycles. The fourth-order valence-electron chi connectivity index (χ4n) is 2.71. The van der Waals surface area contributed by atoms with Gasteiger partial charge in [-0.1, -0.05) is 11.6 Å². The van der Waals surface area contributed by atoms with Crippen LogP contribution in [0.4, 0.5) is 10.7 Å². The van der Waals surface area contributed by atoms with Crippen LogP contribution in [0, 0.1) is 6.92 Å². The average molecular weight is 376 g/mol. The maximum Gasteiger partial charge on any atom is 0.317 e. The van der Waals surface area contributed by atoms with Crippen LogP contribution in [0.15, 0.2) is 36.7 Å². The first kappa shape index (κ1) is 18.3. The van der Waals surface area contributed by atoms with Gasteiger partial charge in [-0.05, 0) is 36.8 Å². The Bertz CT molecular complexity index is 736. The number of halogens is 1. The van der Waals surface area contributed by atoms with Crippen molar-refractivity contribution < 1.29 is 9.53 Å². The number of benzene rings is 1. The molecule has 7 nitrogen and oxygen atoms in total. The van der Waals surface area contributed by atoms with Crippen molar-refractivity contribution in [3.63, 3.8) is 0 Å². The molecule has 1 aliphatic heterocycles. The van der Waals surface area contributed by atoms with Crippen molar-refractivity contribution in [1.82, 2.24) is 20.2 Å². The lowest BCUT2D eigenvalue weighted by Gasteiger charge is -2.34. The number of piperazine rings is 1. The molecule has 26 heavy (non-hydrogen) atoms. The number of carbonyl (C=O) groups excluding carboxylic acids is 1. The topological polar surface area (TPSA) is 70.6 Å². The van der Waals surface area contributed by atoms with E-state index in [4.69, 9.17) is 16.3 Å². The van der Waals surface area contributed by atoms with Crippen molar-refractivity contribution in [3.05, 3.63) is 47.2 Å². The lowest BCUT2D eigenvalue weighted by Crippen LogP contribution is -2.52. The number of anilines is 1. The Balaban J connectivity index is 1.37. The second-order valence-electron chi connectivity index (χ2n) is 6.01. The van der Waals surface area contributed by atoms with Crippen molar-refractivity contribution in [1.29, 1.82) is 0 Å². The molecular weight excluding hydrogens is 354 g/mol. The third-order valence-electron chi connectivity index (χ3n) is 4.18. The van der Waals surface area contributed by atoms with E-state index in [1.807, 2.05) is 19.1 Å². The van der Waals surface area contributed by atoms with Crippen LogP contribution >= 0.6 is 11.6 Å². The van der Waals surface area contributed by atoms with Gasteiger partial charge in [0.05, 0.1) is 6.54 Å². The van der Waals surface area contributed by atoms with Crippen LogP contribution in [0.5, 0.6) is 5.75 Å². The Morgan fingerprint density at radius 3 is 2.65 bits per heavy atom. The lowest BCUT2D eigenvalue weighted by atomic mass is 10.2. The standard InChI is InChI=1S/C18H22ClN5O2/c1-14-13-15(3-4-16(14)19)26-12-7-22-18(25)24-10-8-23(9-11-24)17-20-5-2-6-21-17/h2-6,13H,7-12H2,1H3,(H,22,25). The van der Waals surface area contributed by atoms with E-state index in [9.17, 15) is 4.79 Å². The molecular formula is C18H22ClN5O2. The predicted molar refractivity (Wildman–Crippen MR) is 101 cm³/mol. The third kappa shape index (κ3) is 4.76. The molecule has 8 heteroatoms. The quantitative estimate of drug-likeness (QED) is 0.812. The van der Waals surface area contributed by atoms with Gasteiger partial charge in [0.1, 0.15) is 12.4 Å². The van der Waals surface area contributed by atoms with E-state index in [1.54, 1.807) is 29.4 Å². The Morgan fingerprint density at radius 1 is 1.23 bits per heavy atom. The Labute approximate surface area is 157 Å². The van der Waals surface area contributed by atoms with Gasteiger partial charge in [0.2, 0.25) is 5.95 Å². The minimum Gasteiger partial charge on any atom is -0.492 e. The molecule has 0 spiro atoms. The van der Waals surface area contributed by atoms with Crippen LogP contribution in [0.1, 0.15) is 5.56 Å². The molecule has 1 N–H and O–H groups in total. The number of hydrogen-bond donors (Lipinski definition) is 1. The summed E-state index contributed by atoms with van der Waals surface area (Å²) >= 11 is 5.99. The minimum absolute atomic E-state index is 0.0745. The van der Waals surface area contributed by atoms with Crippen molar-refractivity contribution >= 4 is 23.6 Å². The first-order valence-corrected chi connectivity index (χ1v) is 8.95. The zero-order chi connectivity index (χ0) is 18.4. The molecule has 138 valence electrons. The molecule has 2 amide bonds. The number of nitrogens with one attached hydrogen (secondary N) is 1. The van der Waals surface area contributed by atoms with E-state index in [0.29, 0.717) is 37.2 Å². The highest BCUT2D eigenvalue weighted by molar-refractivity contribution is 6.31.